The van der Waals surface area contributed by atoms with Crippen molar-refractivity contribution in [1.29, 1.82) is 0 Å². The van der Waals surface area contributed by atoms with E-state index in [0.29, 0.717) is 0 Å². The summed E-state index contributed by atoms with van der Waals surface area (Å²) >= 11 is 1.48. The van der Waals surface area contributed by atoms with Crippen LogP contribution in [-0.4, -0.2) is 57.5 Å². The summed E-state index contributed by atoms with van der Waals surface area (Å²) in [7, 11) is 0. The zero-order valence-corrected chi connectivity index (χ0v) is 11.7. The van der Waals surface area contributed by atoms with Gasteiger partial charge < -0.3 is 25.8 Å². The third kappa shape index (κ3) is 4.36. The molecule has 1 fully saturated rings. The van der Waals surface area contributed by atoms with E-state index in [4.69, 9.17) is 10.5 Å². The van der Waals surface area contributed by atoms with Gasteiger partial charge in [-0.1, -0.05) is 26.2 Å². The molecule has 0 unspecified atom stereocenters. The first-order valence-corrected chi connectivity index (χ1v) is 7.68. The molecule has 0 amide bonds. The molecule has 0 saturated carbocycles. The lowest BCUT2D eigenvalue weighted by Gasteiger charge is -2.39. The lowest BCUT2D eigenvalue weighted by atomic mass is 10.0. The minimum atomic E-state index is -1.18. The Hall–Kier alpha value is 0.150. The van der Waals surface area contributed by atoms with Crippen LogP contribution in [0.5, 0.6) is 0 Å². The van der Waals surface area contributed by atoms with Gasteiger partial charge in [0.2, 0.25) is 0 Å². The summed E-state index contributed by atoms with van der Waals surface area (Å²) in [5.41, 5.74) is 4.97. The highest BCUT2D eigenvalue weighted by Gasteiger charge is 2.42. The number of hydrogen-bond donors (Lipinski definition) is 4. The Labute approximate surface area is 113 Å². The van der Waals surface area contributed by atoms with Crippen molar-refractivity contribution in [1.82, 2.24) is 0 Å². The molecule has 1 aliphatic heterocycles. The molecule has 5 N–H and O–H groups in total. The molecule has 0 radical (unpaired) electrons. The normalized spacial score (nSPS) is 36.8. The molecule has 5 nitrogen and oxygen atoms in total. The van der Waals surface area contributed by atoms with Gasteiger partial charge in [0.15, 0.2) is 0 Å². The quantitative estimate of drug-likeness (QED) is 0.492. The zero-order valence-electron chi connectivity index (χ0n) is 10.9. The van der Waals surface area contributed by atoms with Gasteiger partial charge in [0.1, 0.15) is 23.7 Å². The molecule has 0 aromatic heterocycles. The van der Waals surface area contributed by atoms with Crippen LogP contribution in [0, 0.1) is 0 Å². The van der Waals surface area contributed by atoms with Gasteiger partial charge in [0.05, 0.1) is 6.10 Å². The van der Waals surface area contributed by atoms with Gasteiger partial charge in [-0.3, -0.25) is 0 Å². The maximum atomic E-state index is 9.83. The molecule has 0 aliphatic carbocycles. The number of aliphatic hydroxyl groups excluding tert-OH is 3. The van der Waals surface area contributed by atoms with Crippen molar-refractivity contribution in [3.63, 3.8) is 0 Å². The van der Waals surface area contributed by atoms with Crippen LogP contribution < -0.4 is 5.73 Å². The van der Waals surface area contributed by atoms with Gasteiger partial charge in [-0.2, -0.15) is 0 Å². The monoisotopic (exact) mass is 279 g/mol. The maximum Gasteiger partial charge on any atom is 0.132 e. The number of nitrogens with two attached hydrogens (primary N) is 1. The first-order chi connectivity index (χ1) is 8.61. The molecule has 1 rings (SSSR count). The first kappa shape index (κ1) is 16.2. The smallest absolute Gasteiger partial charge is 0.132 e. The predicted molar refractivity (Wildman–Crippen MR) is 72.3 cm³/mol. The summed E-state index contributed by atoms with van der Waals surface area (Å²) < 4.78 is 5.52. The molecule has 0 aromatic rings. The summed E-state index contributed by atoms with van der Waals surface area (Å²) in [4.78, 5) is 0. The molecule has 1 heterocycles. The van der Waals surface area contributed by atoms with E-state index >= 15 is 0 Å². The average molecular weight is 279 g/mol. The van der Waals surface area contributed by atoms with Crippen LogP contribution in [0.1, 0.15) is 32.6 Å². The van der Waals surface area contributed by atoms with E-state index in [9.17, 15) is 15.3 Å². The molecule has 1 aliphatic rings. The fourth-order valence-electron chi connectivity index (χ4n) is 1.98. The summed E-state index contributed by atoms with van der Waals surface area (Å²) in [5, 5.41) is 29.2. The molecular weight excluding hydrogens is 254 g/mol. The Morgan fingerprint density at radius 1 is 1.06 bits per heavy atom. The van der Waals surface area contributed by atoms with Crippen molar-refractivity contribution in [3.8, 4) is 0 Å². The van der Waals surface area contributed by atoms with Crippen molar-refractivity contribution in [2.75, 3.05) is 12.3 Å². The second-order valence-corrected chi connectivity index (χ2v) is 5.89. The van der Waals surface area contributed by atoms with E-state index in [1.165, 1.54) is 24.6 Å². The van der Waals surface area contributed by atoms with Gasteiger partial charge in [-0.05, 0) is 12.2 Å². The zero-order chi connectivity index (χ0) is 13.5. The van der Waals surface area contributed by atoms with Gasteiger partial charge in [-0.15, -0.1) is 11.8 Å². The minimum Gasteiger partial charge on any atom is -0.388 e. The molecular formula is C12H25NO4S. The van der Waals surface area contributed by atoms with Crippen LogP contribution in [0.3, 0.4) is 0 Å². The summed E-state index contributed by atoms with van der Waals surface area (Å²) in [5.74, 6) is 0.877. The number of aliphatic hydroxyl groups is 3. The van der Waals surface area contributed by atoms with Crippen LogP contribution in [0.2, 0.25) is 0 Å². The lowest BCUT2D eigenvalue weighted by molar-refractivity contribution is -0.194. The Balaban J connectivity index is 2.35. The Kier molecular flexibility index (Phi) is 7.51. The van der Waals surface area contributed by atoms with Gasteiger partial charge in [-0.25, -0.2) is 0 Å². The Morgan fingerprint density at radius 2 is 1.78 bits per heavy atom. The Morgan fingerprint density at radius 3 is 2.39 bits per heavy atom. The predicted octanol–water partition coefficient (Wildman–Crippen LogP) is 0.0662. The third-order valence-corrected chi connectivity index (χ3v) is 4.42. The first-order valence-electron chi connectivity index (χ1n) is 6.63. The van der Waals surface area contributed by atoms with Gasteiger partial charge >= 0.3 is 0 Å². The van der Waals surface area contributed by atoms with E-state index in [1.54, 1.807) is 0 Å². The number of rotatable bonds is 7. The van der Waals surface area contributed by atoms with Crippen molar-refractivity contribution >= 4 is 11.8 Å². The fourth-order valence-corrected chi connectivity index (χ4v) is 3.16. The molecule has 0 bridgehead atoms. The van der Waals surface area contributed by atoms with E-state index in [1.807, 2.05) is 0 Å². The number of ether oxygens (including phenoxy) is 1. The summed E-state index contributed by atoms with van der Waals surface area (Å²) in [6, 6.07) is 0. The van der Waals surface area contributed by atoms with Crippen molar-refractivity contribution in [2.24, 2.45) is 5.73 Å². The molecule has 0 aromatic carbocycles. The van der Waals surface area contributed by atoms with Crippen LogP contribution >= 0.6 is 11.8 Å². The van der Waals surface area contributed by atoms with E-state index in [-0.39, 0.29) is 6.54 Å². The van der Waals surface area contributed by atoms with Crippen molar-refractivity contribution < 1.29 is 20.1 Å². The topological polar surface area (TPSA) is 95.9 Å². The highest BCUT2D eigenvalue weighted by Crippen LogP contribution is 2.28. The highest BCUT2D eigenvalue weighted by molar-refractivity contribution is 7.99. The van der Waals surface area contributed by atoms with Crippen LogP contribution in [0.4, 0.5) is 0 Å². The Bertz CT molecular complexity index is 230. The minimum absolute atomic E-state index is 0.137. The molecule has 18 heavy (non-hydrogen) atoms. The number of thioether (sulfide) groups is 1. The van der Waals surface area contributed by atoms with Crippen molar-refractivity contribution in [2.45, 2.75) is 62.5 Å². The largest absolute Gasteiger partial charge is 0.388 e. The highest BCUT2D eigenvalue weighted by atomic mass is 32.2. The second kappa shape index (κ2) is 8.35. The standard InChI is InChI=1S/C12H25NO4S/c1-2-3-4-5-6-18-12-11(16)10(15)9(14)8(7-13)17-12/h8-12,14-16H,2-7,13H2,1H3/t8-,9+,10+,11-,12-/m1/s1. The molecule has 5 atom stereocenters. The van der Waals surface area contributed by atoms with Crippen LogP contribution in [0.15, 0.2) is 0 Å². The van der Waals surface area contributed by atoms with Gasteiger partial charge in [0, 0.05) is 6.54 Å². The molecule has 6 heteroatoms. The van der Waals surface area contributed by atoms with E-state index < -0.39 is 29.9 Å². The van der Waals surface area contributed by atoms with E-state index in [2.05, 4.69) is 6.92 Å². The molecule has 108 valence electrons. The summed E-state index contributed by atoms with van der Waals surface area (Å²) in [6.07, 6.45) is 0.682. The average Bonchev–Trinajstić information content (AvgIpc) is 2.38. The fraction of sp³-hybridized carbons (Fsp3) is 1.00. The maximum absolute atomic E-state index is 9.83. The van der Waals surface area contributed by atoms with Crippen LogP contribution in [-0.2, 0) is 4.74 Å². The number of unbranched alkanes of at least 4 members (excludes halogenated alkanes) is 3. The third-order valence-electron chi connectivity index (χ3n) is 3.18. The second-order valence-electron chi connectivity index (χ2n) is 4.68. The van der Waals surface area contributed by atoms with E-state index in [0.717, 1.165) is 18.6 Å². The SMILES string of the molecule is CCCCCCS[C@H]1O[C@H](CN)[C@H](O)[C@H](O)[C@H]1O. The van der Waals surface area contributed by atoms with Crippen LogP contribution in [0.25, 0.3) is 0 Å². The molecule has 0 spiro atoms. The summed E-state index contributed by atoms with van der Waals surface area (Å²) in [6.45, 7) is 2.29. The van der Waals surface area contributed by atoms with Crippen molar-refractivity contribution in [3.05, 3.63) is 0 Å². The van der Waals surface area contributed by atoms with Gasteiger partial charge in [0.25, 0.3) is 0 Å². The number of hydrogen-bond acceptors (Lipinski definition) is 6. The lowest BCUT2D eigenvalue weighted by Crippen LogP contribution is -2.58. The molecule has 1 saturated heterocycles.